The lowest BCUT2D eigenvalue weighted by molar-refractivity contribution is 0.0870. The fourth-order valence-electron chi connectivity index (χ4n) is 0.957. The van der Waals surface area contributed by atoms with Gasteiger partial charge in [0.05, 0.1) is 18.4 Å². The van der Waals surface area contributed by atoms with Crippen LogP contribution in [0.15, 0.2) is 6.07 Å². The summed E-state index contributed by atoms with van der Waals surface area (Å²) in [5.41, 5.74) is 0.670. The molecule has 0 fully saturated rings. The second-order valence-corrected chi connectivity index (χ2v) is 3.96. The van der Waals surface area contributed by atoms with E-state index >= 15 is 0 Å². The summed E-state index contributed by atoms with van der Waals surface area (Å²) < 4.78 is 5.36. The second-order valence-electron chi connectivity index (χ2n) is 3.22. The van der Waals surface area contributed by atoms with Crippen LogP contribution in [-0.4, -0.2) is 29.5 Å². The van der Waals surface area contributed by atoms with Crippen LogP contribution in [0, 0.1) is 0 Å². The zero-order valence-electron chi connectivity index (χ0n) is 8.63. The van der Waals surface area contributed by atoms with Crippen molar-refractivity contribution < 1.29 is 4.74 Å². The summed E-state index contributed by atoms with van der Waals surface area (Å²) in [5, 5.41) is 11.0. The SMILES string of the molecule is CC(C)OCCNc1cc(Cl)nnc1Cl. The largest absolute Gasteiger partial charge is 0.380 e. The van der Waals surface area contributed by atoms with Crippen LogP contribution in [0.25, 0.3) is 0 Å². The lowest BCUT2D eigenvalue weighted by Crippen LogP contribution is -2.13. The molecule has 0 spiro atoms. The summed E-state index contributed by atoms with van der Waals surface area (Å²) in [4.78, 5) is 0. The number of nitrogens with one attached hydrogen (secondary N) is 1. The number of aromatic nitrogens is 2. The lowest BCUT2D eigenvalue weighted by atomic mass is 10.4. The van der Waals surface area contributed by atoms with Gasteiger partial charge in [-0.25, -0.2) is 0 Å². The summed E-state index contributed by atoms with van der Waals surface area (Å²) in [7, 11) is 0. The number of rotatable bonds is 5. The molecular weight excluding hydrogens is 237 g/mol. The van der Waals surface area contributed by atoms with Gasteiger partial charge in [0.1, 0.15) is 0 Å². The standard InChI is InChI=1S/C9H13Cl2N3O/c1-6(2)15-4-3-12-7-5-8(10)13-14-9(7)11/h5-6H,3-4H2,1-2H3,(H,12,13). The Labute approximate surface area is 98.9 Å². The van der Waals surface area contributed by atoms with E-state index < -0.39 is 0 Å². The number of hydrogen-bond donors (Lipinski definition) is 1. The molecule has 1 heterocycles. The Hall–Kier alpha value is -0.580. The van der Waals surface area contributed by atoms with E-state index in [0.717, 1.165) is 0 Å². The molecule has 0 aromatic carbocycles. The van der Waals surface area contributed by atoms with Crippen LogP contribution in [0.1, 0.15) is 13.8 Å². The third-order valence-electron chi connectivity index (χ3n) is 1.59. The molecule has 1 rings (SSSR count). The van der Waals surface area contributed by atoms with Crippen molar-refractivity contribution in [2.75, 3.05) is 18.5 Å². The fraction of sp³-hybridized carbons (Fsp3) is 0.556. The van der Waals surface area contributed by atoms with Gasteiger partial charge in [0.25, 0.3) is 0 Å². The van der Waals surface area contributed by atoms with Gasteiger partial charge in [-0.3, -0.25) is 0 Å². The molecule has 0 saturated heterocycles. The molecule has 4 nitrogen and oxygen atoms in total. The molecule has 6 heteroatoms. The van der Waals surface area contributed by atoms with Gasteiger partial charge in [-0.1, -0.05) is 23.2 Å². The fourth-order valence-corrected chi connectivity index (χ4v) is 1.26. The summed E-state index contributed by atoms with van der Waals surface area (Å²) >= 11 is 11.5. The number of halogens is 2. The van der Waals surface area contributed by atoms with Gasteiger partial charge in [0.2, 0.25) is 0 Å². The van der Waals surface area contributed by atoms with Crippen LogP contribution >= 0.6 is 23.2 Å². The van der Waals surface area contributed by atoms with Gasteiger partial charge >= 0.3 is 0 Å². The number of anilines is 1. The van der Waals surface area contributed by atoms with Gasteiger partial charge in [-0.15, -0.1) is 10.2 Å². The smallest absolute Gasteiger partial charge is 0.174 e. The first-order valence-corrected chi connectivity index (χ1v) is 5.39. The maximum Gasteiger partial charge on any atom is 0.174 e. The summed E-state index contributed by atoms with van der Waals surface area (Å²) in [6.45, 7) is 5.23. The molecule has 1 aromatic heterocycles. The van der Waals surface area contributed by atoms with Gasteiger partial charge in [-0.2, -0.15) is 0 Å². The van der Waals surface area contributed by atoms with Crippen molar-refractivity contribution in [1.82, 2.24) is 10.2 Å². The van der Waals surface area contributed by atoms with E-state index in [2.05, 4.69) is 15.5 Å². The van der Waals surface area contributed by atoms with Gasteiger partial charge in [-0.05, 0) is 13.8 Å². The van der Waals surface area contributed by atoms with Crippen molar-refractivity contribution in [2.45, 2.75) is 20.0 Å². The molecule has 84 valence electrons. The highest BCUT2D eigenvalue weighted by molar-refractivity contribution is 6.33. The van der Waals surface area contributed by atoms with Crippen molar-refractivity contribution in [3.8, 4) is 0 Å². The highest BCUT2D eigenvalue weighted by atomic mass is 35.5. The molecule has 0 aliphatic heterocycles. The third-order valence-corrected chi connectivity index (χ3v) is 2.05. The van der Waals surface area contributed by atoms with Gasteiger partial charge in [0, 0.05) is 12.6 Å². The molecule has 0 unspecified atom stereocenters. The molecule has 0 aliphatic carbocycles. The van der Waals surface area contributed by atoms with Crippen LogP contribution in [0.4, 0.5) is 5.69 Å². The molecule has 1 N–H and O–H groups in total. The summed E-state index contributed by atoms with van der Waals surface area (Å²) in [6.07, 6.45) is 0.224. The Morgan fingerprint density at radius 2 is 2.13 bits per heavy atom. The molecule has 0 radical (unpaired) electrons. The number of nitrogens with zero attached hydrogens (tertiary/aromatic N) is 2. The zero-order chi connectivity index (χ0) is 11.3. The van der Waals surface area contributed by atoms with Crippen LogP contribution in [-0.2, 0) is 4.74 Å². The number of hydrogen-bond acceptors (Lipinski definition) is 4. The van der Waals surface area contributed by atoms with Crippen molar-refractivity contribution in [3.05, 3.63) is 16.4 Å². The molecule has 0 aliphatic rings. The first-order chi connectivity index (χ1) is 7.09. The minimum absolute atomic E-state index is 0.224. The average Bonchev–Trinajstić information content (AvgIpc) is 2.17. The summed E-state index contributed by atoms with van der Waals surface area (Å²) in [5.74, 6) is 0. The first kappa shape index (κ1) is 12.5. The van der Waals surface area contributed by atoms with Gasteiger partial charge in [0.15, 0.2) is 10.3 Å². The molecule has 1 aromatic rings. The zero-order valence-corrected chi connectivity index (χ0v) is 10.1. The first-order valence-electron chi connectivity index (χ1n) is 4.64. The van der Waals surface area contributed by atoms with Crippen molar-refractivity contribution in [2.24, 2.45) is 0 Å². The topological polar surface area (TPSA) is 47.0 Å². The highest BCUT2D eigenvalue weighted by Crippen LogP contribution is 2.20. The molecular formula is C9H13Cl2N3O. The van der Waals surface area contributed by atoms with E-state index in [1.165, 1.54) is 0 Å². The van der Waals surface area contributed by atoms with E-state index in [4.69, 9.17) is 27.9 Å². The quantitative estimate of drug-likeness (QED) is 0.816. The Balaban J connectivity index is 2.40. The lowest BCUT2D eigenvalue weighted by Gasteiger charge is -2.09. The summed E-state index contributed by atoms with van der Waals surface area (Å²) in [6, 6.07) is 1.63. The Kier molecular flexibility index (Phi) is 5.08. The van der Waals surface area contributed by atoms with Crippen LogP contribution in [0.2, 0.25) is 10.3 Å². The minimum Gasteiger partial charge on any atom is -0.380 e. The molecule has 0 atom stereocenters. The van der Waals surface area contributed by atoms with Crippen molar-refractivity contribution in [1.29, 1.82) is 0 Å². The van der Waals surface area contributed by atoms with E-state index in [1.54, 1.807) is 6.07 Å². The van der Waals surface area contributed by atoms with E-state index in [1.807, 2.05) is 13.8 Å². The van der Waals surface area contributed by atoms with Gasteiger partial charge < -0.3 is 10.1 Å². The van der Waals surface area contributed by atoms with E-state index in [-0.39, 0.29) is 6.10 Å². The van der Waals surface area contributed by atoms with E-state index in [9.17, 15) is 0 Å². The molecule has 0 saturated carbocycles. The van der Waals surface area contributed by atoms with Crippen LogP contribution in [0.3, 0.4) is 0 Å². The minimum atomic E-state index is 0.224. The molecule has 0 amide bonds. The van der Waals surface area contributed by atoms with Crippen molar-refractivity contribution in [3.63, 3.8) is 0 Å². The average molecular weight is 250 g/mol. The van der Waals surface area contributed by atoms with Crippen LogP contribution in [0.5, 0.6) is 0 Å². The normalized spacial score (nSPS) is 10.7. The second kappa shape index (κ2) is 6.10. The van der Waals surface area contributed by atoms with Crippen molar-refractivity contribution >= 4 is 28.9 Å². The maximum atomic E-state index is 5.80. The Bertz CT molecular complexity index is 320. The monoisotopic (exact) mass is 249 g/mol. The molecule has 15 heavy (non-hydrogen) atoms. The van der Waals surface area contributed by atoms with Crippen LogP contribution < -0.4 is 5.32 Å². The highest BCUT2D eigenvalue weighted by Gasteiger charge is 2.03. The van der Waals surface area contributed by atoms with E-state index in [0.29, 0.717) is 29.1 Å². The predicted molar refractivity (Wildman–Crippen MR) is 61.6 cm³/mol. The third kappa shape index (κ3) is 4.64. The number of ether oxygens (including phenoxy) is 1. The molecule has 0 bridgehead atoms. The maximum absolute atomic E-state index is 5.80. The predicted octanol–water partition coefficient (Wildman–Crippen LogP) is 2.62. The Morgan fingerprint density at radius 1 is 1.40 bits per heavy atom. The Morgan fingerprint density at radius 3 is 2.80 bits per heavy atom.